The average Bonchev–Trinajstić information content (AvgIpc) is 2.76. The first-order chi connectivity index (χ1) is 14.9. The Morgan fingerprint density at radius 3 is 2.26 bits per heavy atom. The number of hydrogen-bond acceptors (Lipinski definition) is 4. The van der Waals surface area contributed by atoms with Crippen molar-refractivity contribution < 1.29 is 14.3 Å². The van der Waals surface area contributed by atoms with Crippen LogP contribution in [0.15, 0.2) is 72.8 Å². The van der Waals surface area contributed by atoms with Crippen molar-refractivity contribution in [3.63, 3.8) is 0 Å². The SMILES string of the molecule is COc1ccc(NC(=O)c2ccccc2NC(=O)CN(C)Cc2ccc(C)cc2)cc1. The lowest BCUT2D eigenvalue weighted by molar-refractivity contribution is -0.117. The second-order valence-electron chi connectivity index (χ2n) is 7.43. The minimum Gasteiger partial charge on any atom is -0.497 e. The van der Waals surface area contributed by atoms with Gasteiger partial charge in [0.05, 0.1) is 24.9 Å². The standard InChI is InChI=1S/C25H27N3O3/c1-18-8-10-19(11-9-18)16-28(2)17-24(29)27-23-7-5-4-6-22(23)25(30)26-20-12-14-21(31-3)15-13-20/h4-15H,16-17H2,1-3H3,(H,26,30)(H,27,29). The third kappa shape index (κ3) is 6.42. The average molecular weight is 418 g/mol. The lowest BCUT2D eigenvalue weighted by atomic mass is 10.1. The lowest BCUT2D eigenvalue weighted by Crippen LogP contribution is -2.30. The van der Waals surface area contributed by atoms with Gasteiger partial charge in [0.25, 0.3) is 5.91 Å². The summed E-state index contributed by atoms with van der Waals surface area (Å²) >= 11 is 0. The summed E-state index contributed by atoms with van der Waals surface area (Å²) in [5, 5.41) is 5.70. The highest BCUT2D eigenvalue weighted by Gasteiger charge is 2.14. The van der Waals surface area contributed by atoms with E-state index in [2.05, 4.69) is 34.9 Å². The monoisotopic (exact) mass is 417 g/mol. The molecule has 0 radical (unpaired) electrons. The molecule has 3 aromatic rings. The van der Waals surface area contributed by atoms with Gasteiger partial charge in [-0.3, -0.25) is 14.5 Å². The fourth-order valence-corrected chi connectivity index (χ4v) is 3.16. The van der Waals surface area contributed by atoms with Gasteiger partial charge in [-0.15, -0.1) is 0 Å². The number of carbonyl (C=O) groups excluding carboxylic acids is 2. The molecule has 6 heteroatoms. The Hall–Kier alpha value is -3.64. The van der Waals surface area contributed by atoms with Crippen molar-refractivity contribution in [2.24, 2.45) is 0 Å². The largest absolute Gasteiger partial charge is 0.497 e. The van der Waals surface area contributed by atoms with E-state index in [0.717, 1.165) is 5.56 Å². The lowest BCUT2D eigenvalue weighted by Gasteiger charge is -2.17. The fraction of sp³-hybridized carbons (Fsp3) is 0.200. The van der Waals surface area contributed by atoms with Crippen LogP contribution in [-0.2, 0) is 11.3 Å². The van der Waals surface area contributed by atoms with Crippen molar-refractivity contribution in [3.8, 4) is 5.75 Å². The topological polar surface area (TPSA) is 70.7 Å². The number of anilines is 2. The summed E-state index contributed by atoms with van der Waals surface area (Å²) in [4.78, 5) is 27.3. The number of benzene rings is 3. The number of aryl methyl sites for hydroxylation is 1. The van der Waals surface area contributed by atoms with Gasteiger partial charge in [-0.1, -0.05) is 42.0 Å². The summed E-state index contributed by atoms with van der Waals surface area (Å²) in [5.41, 5.74) is 3.86. The molecule has 0 aliphatic carbocycles. The number of methoxy groups -OCH3 is 1. The molecular weight excluding hydrogens is 390 g/mol. The second-order valence-corrected chi connectivity index (χ2v) is 7.43. The van der Waals surface area contributed by atoms with Crippen LogP contribution in [0.25, 0.3) is 0 Å². The Labute approximate surface area is 182 Å². The maximum absolute atomic E-state index is 12.8. The molecule has 0 aliphatic rings. The van der Waals surface area contributed by atoms with E-state index in [9.17, 15) is 9.59 Å². The molecule has 0 unspecified atom stereocenters. The van der Waals surface area contributed by atoms with E-state index in [1.165, 1.54) is 5.56 Å². The van der Waals surface area contributed by atoms with E-state index < -0.39 is 0 Å². The predicted octanol–water partition coefficient (Wildman–Crippen LogP) is 4.33. The molecule has 3 aromatic carbocycles. The maximum Gasteiger partial charge on any atom is 0.257 e. The van der Waals surface area contributed by atoms with Crippen molar-refractivity contribution >= 4 is 23.2 Å². The van der Waals surface area contributed by atoms with Gasteiger partial charge in [-0.25, -0.2) is 0 Å². The van der Waals surface area contributed by atoms with Crippen LogP contribution in [0.3, 0.4) is 0 Å². The molecule has 6 nitrogen and oxygen atoms in total. The number of amides is 2. The first kappa shape index (κ1) is 22.1. The molecule has 31 heavy (non-hydrogen) atoms. The fourth-order valence-electron chi connectivity index (χ4n) is 3.16. The molecule has 0 heterocycles. The Kier molecular flexibility index (Phi) is 7.40. The zero-order chi connectivity index (χ0) is 22.2. The van der Waals surface area contributed by atoms with Crippen LogP contribution < -0.4 is 15.4 Å². The summed E-state index contributed by atoms with van der Waals surface area (Å²) < 4.78 is 5.13. The molecule has 0 fully saturated rings. The Bertz CT molecular complexity index is 1030. The van der Waals surface area contributed by atoms with E-state index in [4.69, 9.17) is 4.74 Å². The number of likely N-dealkylation sites (N-methyl/N-ethyl adjacent to an activating group) is 1. The normalized spacial score (nSPS) is 10.6. The van der Waals surface area contributed by atoms with Crippen LogP contribution in [0.1, 0.15) is 21.5 Å². The van der Waals surface area contributed by atoms with Crippen LogP contribution in [0.4, 0.5) is 11.4 Å². The number of ether oxygens (including phenoxy) is 1. The Morgan fingerprint density at radius 2 is 1.58 bits per heavy atom. The van der Waals surface area contributed by atoms with Crippen molar-refractivity contribution in [2.45, 2.75) is 13.5 Å². The van der Waals surface area contributed by atoms with Crippen molar-refractivity contribution in [3.05, 3.63) is 89.5 Å². The molecule has 3 rings (SSSR count). The van der Waals surface area contributed by atoms with E-state index in [0.29, 0.717) is 29.2 Å². The number of nitrogens with one attached hydrogen (secondary N) is 2. The summed E-state index contributed by atoms with van der Waals surface area (Å²) in [5.74, 6) is 0.230. The second kappa shape index (κ2) is 10.4. The van der Waals surface area contributed by atoms with Crippen LogP contribution >= 0.6 is 0 Å². The number of hydrogen-bond donors (Lipinski definition) is 2. The zero-order valence-corrected chi connectivity index (χ0v) is 18.0. The number of para-hydroxylation sites is 1. The van der Waals surface area contributed by atoms with Crippen LogP contribution in [0, 0.1) is 6.92 Å². The molecule has 2 amide bonds. The maximum atomic E-state index is 12.8. The summed E-state index contributed by atoms with van der Waals surface area (Å²) in [6, 6.07) is 22.3. The molecule has 0 bridgehead atoms. The molecule has 0 saturated heterocycles. The number of rotatable bonds is 8. The van der Waals surface area contributed by atoms with E-state index >= 15 is 0 Å². The number of nitrogens with zero attached hydrogens (tertiary/aromatic N) is 1. The highest BCUT2D eigenvalue weighted by Crippen LogP contribution is 2.19. The van der Waals surface area contributed by atoms with Gasteiger partial charge in [0.2, 0.25) is 5.91 Å². The van der Waals surface area contributed by atoms with Crippen molar-refractivity contribution in [1.29, 1.82) is 0 Å². The highest BCUT2D eigenvalue weighted by atomic mass is 16.5. The molecule has 0 aliphatic heterocycles. The van der Waals surface area contributed by atoms with Gasteiger partial charge >= 0.3 is 0 Å². The van der Waals surface area contributed by atoms with Gasteiger partial charge < -0.3 is 15.4 Å². The summed E-state index contributed by atoms with van der Waals surface area (Å²) in [6.07, 6.45) is 0. The Morgan fingerprint density at radius 1 is 0.903 bits per heavy atom. The summed E-state index contributed by atoms with van der Waals surface area (Å²) in [7, 11) is 3.48. The molecule has 0 aromatic heterocycles. The third-order valence-electron chi connectivity index (χ3n) is 4.78. The minimum absolute atomic E-state index is 0.181. The van der Waals surface area contributed by atoms with Gasteiger partial charge in [0.1, 0.15) is 5.75 Å². The minimum atomic E-state index is -0.297. The highest BCUT2D eigenvalue weighted by molar-refractivity contribution is 6.10. The van der Waals surface area contributed by atoms with Crippen molar-refractivity contribution in [1.82, 2.24) is 4.90 Å². The van der Waals surface area contributed by atoms with Crippen LogP contribution in [-0.4, -0.2) is 37.4 Å². The van der Waals surface area contributed by atoms with E-state index in [-0.39, 0.29) is 18.4 Å². The molecule has 0 saturated carbocycles. The molecule has 0 spiro atoms. The predicted molar refractivity (Wildman–Crippen MR) is 124 cm³/mol. The Balaban J connectivity index is 1.61. The zero-order valence-electron chi connectivity index (χ0n) is 18.0. The van der Waals surface area contributed by atoms with Crippen LogP contribution in [0.2, 0.25) is 0 Å². The molecule has 2 N–H and O–H groups in total. The van der Waals surface area contributed by atoms with Gasteiger partial charge in [-0.2, -0.15) is 0 Å². The van der Waals surface area contributed by atoms with Crippen molar-refractivity contribution in [2.75, 3.05) is 31.3 Å². The third-order valence-corrected chi connectivity index (χ3v) is 4.78. The first-order valence-corrected chi connectivity index (χ1v) is 10.0. The molecule has 0 atom stereocenters. The first-order valence-electron chi connectivity index (χ1n) is 10.0. The molecule has 160 valence electrons. The summed E-state index contributed by atoms with van der Waals surface area (Å²) in [6.45, 7) is 2.92. The quantitative estimate of drug-likeness (QED) is 0.572. The smallest absolute Gasteiger partial charge is 0.257 e. The van der Waals surface area contributed by atoms with E-state index in [1.807, 2.05) is 18.9 Å². The number of carbonyl (C=O) groups is 2. The van der Waals surface area contributed by atoms with Gasteiger partial charge in [-0.05, 0) is 55.9 Å². The van der Waals surface area contributed by atoms with Gasteiger partial charge in [0, 0.05) is 12.2 Å². The van der Waals surface area contributed by atoms with Gasteiger partial charge in [0.15, 0.2) is 0 Å². The molecular formula is C25H27N3O3. The van der Waals surface area contributed by atoms with E-state index in [1.54, 1.807) is 55.6 Å². The van der Waals surface area contributed by atoms with Crippen LogP contribution in [0.5, 0.6) is 5.75 Å².